The van der Waals surface area contributed by atoms with E-state index in [1.54, 1.807) is 5.31 Å². The predicted octanol–water partition coefficient (Wildman–Crippen LogP) is 10.9. The summed E-state index contributed by atoms with van der Waals surface area (Å²) >= 11 is 0. The normalized spacial score (nSPS) is 19.3. The van der Waals surface area contributed by atoms with Gasteiger partial charge in [0.25, 0.3) is 0 Å². The van der Waals surface area contributed by atoms with Crippen LogP contribution in [0.1, 0.15) is 128 Å². The first-order chi connectivity index (χ1) is 16.6. The molecule has 2 aromatic rings. The van der Waals surface area contributed by atoms with Crippen LogP contribution in [0.5, 0.6) is 0 Å². The van der Waals surface area contributed by atoms with E-state index in [1.807, 2.05) is 0 Å². The van der Waals surface area contributed by atoms with Gasteiger partial charge in [-0.1, -0.05) is 137 Å². The van der Waals surface area contributed by atoms with Crippen molar-refractivity contribution in [3.05, 3.63) is 70.8 Å². The Labute approximate surface area is 217 Å². The fraction of sp³-hybridized carbons (Fsp3) is 0.588. The van der Waals surface area contributed by atoms with Crippen molar-refractivity contribution in [1.29, 1.82) is 0 Å². The third-order valence-corrected chi connectivity index (χ3v) is 11.9. The van der Waals surface area contributed by atoms with Gasteiger partial charge in [0.1, 0.15) is 0 Å². The van der Waals surface area contributed by atoms with Crippen molar-refractivity contribution < 1.29 is 0 Å². The van der Waals surface area contributed by atoms with E-state index in [0.29, 0.717) is 0 Å². The number of hydrogen-bond donors (Lipinski definition) is 0. The molecule has 0 unspecified atom stereocenters. The second kappa shape index (κ2) is 11.3. The lowest BCUT2D eigenvalue weighted by Crippen LogP contribution is -2.21. The van der Waals surface area contributed by atoms with Crippen molar-refractivity contribution in [2.45, 2.75) is 128 Å². The highest BCUT2D eigenvalue weighted by Gasteiger charge is 2.34. The lowest BCUT2D eigenvalue weighted by atomic mass is 9.86. The molecule has 0 radical (unpaired) electrons. The van der Waals surface area contributed by atoms with E-state index < -0.39 is 0 Å². The van der Waals surface area contributed by atoms with Gasteiger partial charge in [-0.25, -0.2) is 0 Å². The van der Waals surface area contributed by atoms with Crippen molar-refractivity contribution in [2.24, 2.45) is 0 Å². The van der Waals surface area contributed by atoms with E-state index in [2.05, 4.69) is 96.1 Å². The second-order valence-corrected chi connectivity index (χ2v) is 16.0. The largest absolute Gasteiger partial charge is 0.0683 e. The quantitative estimate of drug-likeness (QED) is 0.290. The summed E-state index contributed by atoms with van der Waals surface area (Å²) in [7, 11) is -0.167. The molecule has 2 fully saturated rings. The molecule has 0 N–H and O–H groups in total. The highest BCUT2D eigenvalue weighted by Crippen LogP contribution is 2.64. The molecule has 4 rings (SSSR count). The van der Waals surface area contributed by atoms with Gasteiger partial charge in [0, 0.05) is 0 Å². The topological polar surface area (TPSA) is 0 Å². The fourth-order valence-electron chi connectivity index (χ4n) is 6.10. The Morgan fingerprint density at radius 2 is 1.00 bits per heavy atom. The first-order valence-corrected chi connectivity index (χ1v) is 15.8. The molecule has 2 aliphatic rings. The van der Waals surface area contributed by atoms with Gasteiger partial charge in [0.2, 0.25) is 0 Å². The van der Waals surface area contributed by atoms with Gasteiger partial charge in [0.05, 0.1) is 0 Å². The average molecular weight is 489 g/mol. The van der Waals surface area contributed by atoms with Crippen molar-refractivity contribution in [3.63, 3.8) is 0 Å². The zero-order chi connectivity index (χ0) is 25.1. The van der Waals surface area contributed by atoms with Crippen molar-refractivity contribution in [3.8, 4) is 0 Å². The molecule has 2 aliphatic carbocycles. The molecule has 0 heterocycles. The summed E-state index contributed by atoms with van der Waals surface area (Å²) in [6.45, 7) is 13.9. The van der Waals surface area contributed by atoms with Crippen LogP contribution >= 0.6 is 7.92 Å². The van der Waals surface area contributed by atoms with Gasteiger partial charge < -0.3 is 0 Å². The zero-order valence-corrected chi connectivity index (χ0v) is 24.3. The average Bonchev–Trinajstić information content (AvgIpc) is 2.84. The predicted molar refractivity (Wildman–Crippen MR) is 159 cm³/mol. The van der Waals surface area contributed by atoms with Gasteiger partial charge >= 0.3 is 0 Å². The molecule has 0 spiro atoms. The van der Waals surface area contributed by atoms with Gasteiger partial charge in [-0.3, -0.25) is 0 Å². The Morgan fingerprint density at radius 1 is 0.600 bits per heavy atom. The van der Waals surface area contributed by atoms with E-state index in [4.69, 9.17) is 0 Å². The monoisotopic (exact) mass is 488 g/mol. The zero-order valence-electron chi connectivity index (χ0n) is 23.4. The molecular formula is C34H49P. The SMILES string of the molecule is CC(C)(C)c1ccc(/C=C(\c2ccc(C(C)(C)C)cc2)P(C2CCCCC2)C2CCCCC2)cc1. The van der Waals surface area contributed by atoms with E-state index in [-0.39, 0.29) is 18.8 Å². The Morgan fingerprint density at radius 3 is 1.40 bits per heavy atom. The second-order valence-electron chi connectivity index (χ2n) is 13.2. The maximum atomic E-state index is 2.60. The van der Waals surface area contributed by atoms with Crippen LogP contribution in [0.4, 0.5) is 0 Å². The van der Waals surface area contributed by atoms with Gasteiger partial charge in [0.15, 0.2) is 0 Å². The van der Waals surface area contributed by atoms with E-state index in [0.717, 1.165) is 11.3 Å². The minimum absolute atomic E-state index is 0.167. The number of rotatable bonds is 5. The summed E-state index contributed by atoms with van der Waals surface area (Å²) in [5.41, 5.74) is 7.94. The summed E-state index contributed by atoms with van der Waals surface area (Å²) in [5.74, 6) is 0. The maximum absolute atomic E-state index is 2.60. The van der Waals surface area contributed by atoms with Crippen molar-refractivity contribution in [1.82, 2.24) is 0 Å². The minimum atomic E-state index is -0.167. The lowest BCUT2D eigenvalue weighted by Gasteiger charge is -2.40. The Balaban J connectivity index is 1.79. The summed E-state index contributed by atoms with van der Waals surface area (Å²) in [6.07, 6.45) is 17.0. The smallest absolute Gasteiger partial charge is 0.0132 e. The van der Waals surface area contributed by atoms with Crippen LogP contribution in [0, 0.1) is 0 Å². The van der Waals surface area contributed by atoms with Crippen LogP contribution in [0.2, 0.25) is 0 Å². The summed E-state index contributed by atoms with van der Waals surface area (Å²) < 4.78 is 0. The Hall–Kier alpha value is -1.39. The maximum Gasteiger partial charge on any atom is -0.0132 e. The number of hydrogen-bond acceptors (Lipinski definition) is 0. The molecule has 0 aromatic heterocycles. The third kappa shape index (κ3) is 6.89. The summed E-state index contributed by atoms with van der Waals surface area (Å²) in [5, 5.41) is 1.68. The van der Waals surface area contributed by atoms with E-state index in [9.17, 15) is 0 Å². The molecule has 0 aliphatic heterocycles. The Kier molecular flexibility index (Phi) is 8.64. The molecule has 2 aromatic carbocycles. The molecule has 1 heteroatoms. The Bertz CT molecular complexity index is 935. The minimum Gasteiger partial charge on any atom is -0.0683 e. The van der Waals surface area contributed by atoms with Crippen LogP contribution in [0.15, 0.2) is 48.5 Å². The van der Waals surface area contributed by atoms with Crippen LogP contribution < -0.4 is 0 Å². The third-order valence-electron chi connectivity index (χ3n) is 8.34. The van der Waals surface area contributed by atoms with E-state index >= 15 is 0 Å². The molecule has 0 nitrogen and oxygen atoms in total. The molecule has 0 amide bonds. The van der Waals surface area contributed by atoms with Crippen LogP contribution in [0.25, 0.3) is 11.4 Å². The molecule has 2 saturated carbocycles. The highest BCUT2D eigenvalue weighted by molar-refractivity contribution is 7.70. The molecule has 0 bridgehead atoms. The number of benzene rings is 2. The first kappa shape index (κ1) is 26.7. The van der Waals surface area contributed by atoms with Crippen LogP contribution in [-0.4, -0.2) is 11.3 Å². The summed E-state index contributed by atoms with van der Waals surface area (Å²) in [4.78, 5) is 0. The first-order valence-electron chi connectivity index (χ1n) is 14.3. The highest BCUT2D eigenvalue weighted by atomic mass is 31.1. The van der Waals surface area contributed by atoms with Crippen LogP contribution in [0.3, 0.4) is 0 Å². The summed E-state index contributed by atoms with van der Waals surface area (Å²) in [6, 6.07) is 19.2. The van der Waals surface area contributed by atoms with E-state index in [1.165, 1.54) is 86.5 Å². The van der Waals surface area contributed by atoms with Crippen molar-refractivity contribution in [2.75, 3.05) is 0 Å². The van der Waals surface area contributed by atoms with Gasteiger partial charge in [-0.15, -0.1) is 0 Å². The standard InChI is InChI=1S/C34H49P/c1-33(2,3)28-21-17-26(18-22-28)25-32(27-19-23-29(24-20-27)34(4,5)6)35(30-13-9-7-10-14-30)31-15-11-8-12-16-31/h17-25,30-31H,7-16H2,1-6H3/b32-25+. The fourth-order valence-corrected chi connectivity index (χ4v) is 10.1. The van der Waals surface area contributed by atoms with Crippen LogP contribution in [-0.2, 0) is 10.8 Å². The van der Waals surface area contributed by atoms with Crippen molar-refractivity contribution >= 4 is 19.3 Å². The van der Waals surface area contributed by atoms with Gasteiger partial charge in [-0.05, 0) is 81.5 Å². The molecular weight excluding hydrogens is 439 g/mol. The molecule has 35 heavy (non-hydrogen) atoms. The molecule has 0 saturated heterocycles. The van der Waals surface area contributed by atoms with Gasteiger partial charge in [-0.2, -0.15) is 0 Å². The molecule has 190 valence electrons. The lowest BCUT2D eigenvalue weighted by molar-refractivity contribution is 0.487. The molecule has 0 atom stereocenters.